The smallest absolute Gasteiger partial charge is 0.547 e. The van der Waals surface area contributed by atoms with Crippen LogP contribution in [0.2, 0.25) is 0 Å². The number of carbonyl (C=O) groups excluding carboxylic acids is 3. The number of sulfone groups is 2. The number of carbonyl (C=O) groups is 3. The molecule has 732 valence electrons. The van der Waals surface area contributed by atoms with Crippen LogP contribution in [-0.4, -0.2) is 379 Å². The third-order valence-corrected chi connectivity index (χ3v) is 23.8. The van der Waals surface area contributed by atoms with E-state index in [1.165, 1.54) is 0 Å². The Hall–Kier alpha value is -6.69. The molecule has 0 aliphatic carbocycles. The number of esters is 2. The minimum atomic E-state index is -3.73. The summed E-state index contributed by atoms with van der Waals surface area (Å²) in [6.45, 7) is -1.28. The standard InChI is InChI=1S/C56H62O13S2.C24H38O23.C6H10O7.CH4.Na/c1-70(57,58)39-47-49(61-33-41-21-9-3-10-22-41)51(63-35-43-25-13-5-14-26-43)53(65-37-45-29-17-7-18-30-45)55(67-47)69-56-54(66-38-46-31-19-8-20-32-46)52(64-36-44-27-15-6-16-28-44)50(48(68-56)40-71(2,59)60)62-34-42-23-11-4-12-24-42;25-5-3(1-41-21(39)17-11(31)9(29)13(33)19(37)45-17)43-23(15(35)7(5)27)47-24-16(36)8(28)6(26)4(44-24)2-42-22(40)18-12(32)10(30)14(34)20(38)46-18;7-1-2(8)4(5(10)11)13-6(12)3(1)9;;/h3-32,47-56H,33-40H2,1-2H3;3-20,23-38H,1-2H2;1-4,6-9,12H,(H,10,11);1H4;/q;;;;+1/p-1/t47?,48?,49-,50+,51+,52?,53?,54?,55-,56-;3?,4?,5-,6-,7-,8?,9?,10-,11-,12+,13-,14?,15?,16?,17?,18?,19?,20?,23+,24+;1-,2+,3?,4?,6-;;/m011../s1. The van der Waals surface area contributed by atoms with Crippen LogP contribution < -0.4 is 34.7 Å². The molecule has 7 fully saturated rings. The number of carboxylic acid groups (broad SMARTS) is 1. The van der Waals surface area contributed by atoms with Crippen molar-refractivity contribution in [3.63, 3.8) is 0 Å². The second-order valence-electron chi connectivity index (χ2n) is 32.0. The molecule has 0 amide bonds. The summed E-state index contributed by atoms with van der Waals surface area (Å²) in [5.74, 6) is -5.52. The maximum absolute atomic E-state index is 13.4. The van der Waals surface area contributed by atoms with E-state index < -0.39 is 277 Å². The quantitative estimate of drug-likeness (QED) is 0.0134. The van der Waals surface area contributed by atoms with Gasteiger partial charge >= 0.3 is 41.5 Å². The third-order valence-electron chi connectivity index (χ3n) is 21.9. The molecule has 46 heteroatoms. The monoisotopic (exact) mass is 1930 g/mol. The van der Waals surface area contributed by atoms with Crippen LogP contribution in [0, 0.1) is 0 Å². The van der Waals surface area contributed by atoms with Crippen molar-refractivity contribution in [2.45, 2.75) is 262 Å². The van der Waals surface area contributed by atoms with Crippen molar-refractivity contribution in [1.82, 2.24) is 0 Å². The molecule has 0 radical (unpaired) electrons. The van der Waals surface area contributed by atoms with E-state index in [-0.39, 0.29) is 76.6 Å². The fourth-order valence-corrected chi connectivity index (χ4v) is 16.6. The summed E-state index contributed by atoms with van der Waals surface area (Å²) >= 11 is 0. The number of aliphatic hydroxyl groups excluding tert-OH is 18. The third kappa shape index (κ3) is 30.2. The molecule has 13 rings (SSSR count). The van der Waals surface area contributed by atoms with Crippen LogP contribution >= 0.6 is 0 Å². The van der Waals surface area contributed by atoms with Gasteiger partial charge in [-0.05, 0) is 33.4 Å². The molecule has 0 bridgehead atoms. The molecule has 7 aliphatic heterocycles. The van der Waals surface area contributed by atoms with Crippen LogP contribution in [0.4, 0.5) is 0 Å². The molecule has 7 aliphatic rings. The average molecular weight is 1930 g/mol. The van der Waals surface area contributed by atoms with Gasteiger partial charge in [0.2, 0.25) is 0 Å². The number of aliphatic carboxylic acids is 1. The van der Waals surface area contributed by atoms with Gasteiger partial charge in [0, 0.05) is 12.5 Å². The van der Waals surface area contributed by atoms with E-state index in [2.05, 4.69) is 4.74 Å². The van der Waals surface area contributed by atoms with Gasteiger partial charge in [-0.15, -0.1) is 0 Å². The molecule has 7 heterocycles. The Morgan fingerprint density at radius 2 is 0.511 bits per heavy atom. The van der Waals surface area contributed by atoms with Gasteiger partial charge in [-0.1, -0.05) is 189 Å². The molecule has 0 aromatic heterocycles. The van der Waals surface area contributed by atoms with E-state index in [4.69, 9.17) is 96.2 Å². The van der Waals surface area contributed by atoms with Crippen molar-refractivity contribution >= 4 is 37.6 Å². The van der Waals surface area contributed by atoms with Crippen LogP contribution in [0.15, 0.2) is 182 Å². The number of ether oxygens (including phenoxy) is 17. The topological polar surface area (TPSA) is 664 Å². The molecule has 7 saturated heterocycles. The molecule has 43 nitrogen and oxygen atoms in total. The van der Waals surface area contributed by atoms with Gasteiger partial charge in [-0.25, -0.2) is 26.4 Å². The summed E-state index contributed by atoms with van der Waals surface area (Å²) < 4.78 is 155. The fourth-order valence-electron chi connectivity index (χ4n) is 14.8. The van der Waals surface area contributed by atoms with Gasteiger partial charge < -0.3 is 182 Å². The van der Waals surface area contributed by atoms with Crippen LogP contribution in [0.1, 0.15) is 40.8 Å². The molecule has 18 unspecified atom stereocenters. The molecule has 35 atom stereocenters. The molecule has 18 N–H and O–H groups in total. The first-order valence-corrected chi connectivity index (χ1v) is 45.4. The Bertz CT molecular complexity index is 4430. The first-order valence-electron chi connectivity index (χ1n) is 41.3. The van der Waals surface area contributed by atoms with Gasteiger partial charge in [-0.2, -0.15) is 0 Å². The van der Waals surface area contributed by atoms with Crippen LogP contribution in [0.25, 0.3) is 0 Å². The van der Waals surface area contributed by atoms with Gasteiger partial charge in [0.1, 0.15) is 192 Å². The summed E-state index contributed by atoms with van der Waals surface area (Å²) in [7, 11) is -7.47. The normalized spacial score (nSPS) is 35.7. The van der Waals surface area contributed by atoms with E-state index in [9.17, 15) is 108 Å². The Morgan fingerprint density at radius 1 is 0.286 bits per heavy atom. The van der Waals surface area contributed by atoms with Crippen LogP contribution in [-0.2, 0) is 154 Å². The zero-order chi connectivity index (χ0) is 94.7. The van der Waals surface area contributed by atoms with Crippen LogP contribution in [0.3, 0.4) is 0 Å². The number of carboxylic acids is 1. The predicted octanol–water partition coefficient (Wildman–Crippen LogP) is -9.46. The molecule has 0 spiro atoms. The van der Waals surface area contributed by atoms with E-state index >= 15 is 0 Å². The summed E-state index contributed by atoms with van der Waals surface area (Å²) in [6, 6.07) is 57.3. The Kier molecular flexibility index (Phi) is 42.4. The van der Waals surface area contributed by atoms with Crippen molar-refractivity contribution < 1.29 is 238 Å². The number of hydrogen-bond donors (Lipinski definition) is 18. The SMILES string of the molecule is C.CS(=O)(=O)CC1O[C@@H](O[C@@H]2OC(CS(C)(=O)=O)[C@H](OCc3ccccc3)[C@@H](OCc3ccccc3)C2OCc2ccccc2)C(OCc2ccccc2)C(OCc2ccccc2)[C@@H]1OCc1ccccc1.O=C(OCC1O[C@@H](O[C@@H]2OC(COC(=O)C3OC(O)C(O)[C@H](O)[C@@H]3O)[C@@H](O)C(O)C2O)C(O)[C@H](O)[C@@H]1O)C1OC(O)[C@H](O)C(O)[C@H]1O.O=C([O-])C1O[C@@H](O)C(O)[C@H](O)[C@@H]1O.[Na+]. The molecular formula is C87H113NaO43S2. The zero-order valence-electron chi connectivity index (χ0n) is 71.2. The van der Waals surface area contributed by atoms with Crippen molar-refractivity contribution in [1.29, 1.82) is 0 Å². The minimum Gasteiger partial charge on any atom is -0.547 e. The van der Waals surface area contributed by atoms with Crippen molar-refractivity contribution in [2.24, 2.45) is 0 Å². The van der Waals surface area contributed by atoms with Gasteiger partial charge in [0.15, 0.2) is 56.2 Å². The van der Waals surface area contributed by atoms with Gasteiger partial charge in [0.25, 0.3) is 0 Å². The Labute approximate surface area is 785 Å². The summed E-state index contributed by atoms with van der Waals surface area (Å²) in [6.07, 6.45) is -57.9. The average Bonchev–Trinajstić information content (AvgIpc) is 0.762. The van der Waals surface area contributed by atoms with E-state index in [1.54, 1.807) is 0 Å². The van der Waals surface area contributed by atoms with Crippen LogP contribution in [0.5, 0.6) is 0 Å². The van der Waals surface area contributed by atoms with Gasteiger partial charge in [0.05, 0.1) is 57.1 Å². The second-order valence-corrected chi connectivity index (χ2v) is 36.3. The number of aliphatic hydroxyl groups is 18. The minimum absolute atomic E-state index is 0. The molecule has 133 heavy (non-hydrogen) atoms. The maximum atomic E-state index is 13.4. The fraction of sp³-hybridized carbons (Fsp3) is 0.552. The second kappa shape index (κ2) is 51.3. The number of rotatable bonds is 33. The molecule has 6 aromatic rings. The molecule has 0 saturated carbocycles. The maximum Gasteiger partial charge on any atom is 1.00 e. The number of benzene rings is 6. The van der Waals surface area contributed by atoms with Crippen molar-refractivity contribution in [2.75, 3.05) is 37.2 Å². The number of hydrogen-bond acceptors (Lipinski definition) is 43. The summed E-state index contributed by atoms with van der Waals surface area (Å²) in [5.41, 5.74) is 5.09. The summed E-state index contributed by atoms with van der Waals surface area (Å²) in [5, 5.41) is 186. The first-order chi connectivity index (χ1) is 62.3. The molecule has 6 aromatic carbocycles. The summed E-state index contributed by atoms with van der Waals surface area (Å²) in [4.78, 5) is 35.1. The van der Waals surface area contributed by atoms with E-state index in [0.717, 1.165) is 45.9 Å². The Morgan fingerprint density at radius 3 is 0.774 bits per heavy atom. The molecular weight excluding hydrogens is 1820 g/mol. The zero-order valence-corrected chi connectivity index (χ0v) is 74.8. The van der Waals surface area contributed by atoms with Gasteiger partial charge in [-0.3, -0.25) is 0 Å². The van der Waals surface area contributed by atoms with Crippen molar-refractivity contribution in [3.8, 4) is 0 Å². The first kappa shape index (κ1) is 110. The predicted molar refractivity (Wildman–Crippen MR) is 443 cm³/mol. The van der Waals surface area contributed by atoms with E-state index in [1.807, 2.05) is 182 Å². The Balaban J connectivity index is 0.000000275. The van der Waals surface area contributed by atoms with E-state index in [0.29, 0.717) is 0 Å². The van der Waals surface area contributed by atoms with Crippen molar-refractivity contribution in [3.05, 3.63) is 215 Å². The largest absolute Gasteiger partial charge is 1.00 e.